The van der Waals surface area contributed by atoms with Gasteiger partial charge in [-0.2, -0.15) is 0 Å². The van der Waals surface area contributed by atoms with Crippen molar-refractivity contribution in [2.45, 2.75) is 0 Å². The standard InChI is InChI=1S/C10H10Br2N2O2/c11-8-5-7(6-9(12)10(8)13-15)14-1-3-16-4-2-14/h5-6H,1-4H2. The van der Waals surface area contributed by atoms with Crippen LogP contribution in [0.2, 0.25) is 0 Å². The van der Waals surface area contributed by atoms with E-state index in [-0.39, 0.29) is 0 Å². The zero-order valence-electron chi connectivity index (χ0n) is 8.45. The molecule has 0 atom stereocenters. The number of halogens is 2. The van der Waals surface area contributed by atoms with Crippen LogP contribution in [0.25, 0.3) is 0 Å². The minimum absolute atomic E-state index is 0.400. The molecule has 0 aromatic heterocycles. The Morgan fingerprint density at radius 3 is 2.25 bits per heavy atom. The molecule has 86 valence electrons. The summed E-state index contributed by atoms with van der Waals surface area (Å²) in [5, 5.41) is 2.97. The zero-order valence-corrected chi connectivity index (χ0v) is 11.6. The van der Waals surface area contributed by atoms with Gasteiger partial charge in [0, 0.05) is 27.7 Å². The molecule has 0 radical (unpaired) electrons. The third-order valence-electron chi connectivity index (χ3n) is 2.47. The Labute approximate surface area is 110 Å². The summed E-state index contributed by atoms with van der Waals surface area (Å²) in [6.07, 6.45) is 0. The fraction of sp³-hybridized carbons (Fsp3) is 0.400. The Bertz CT molecular complexity index is 383. The predicted molar refractivity (Wildman–Crippen MR) is 70.3 cm³/mol. The van der Waals surface area contributed by atoms with Gasteiger partial charge in [-0.05, 0) is 49.2 Å². The Morgan fingerprint density at radius 1 is 1.19 bits per heavy atom. The Balaban J connectivity index is 2.31. The molecule has 4 nitrogen and oxygen atoms in total. The molecule has 1 aromatic rings. The molecule has 0 unspecified atom stereocenters. The lowest BCUT2D eigenvalue weighted by Crippen LogP contribution is -2.36. The van der Waals surface area contributed by atoms with Gasteiger partial charge in [-0.15, -0.1) is 4.91 Å². The van der Waals surface area contributed by atoms with Gasteiger partial charge in [0.05, 0.1) is 13.2 Å². The summed E-state index contributed by atoms with van der Waals surface area (Å²) < 4.78 is 6.71. The van der Waals surface area contributed by atoms with Crippen LogP contribution >= 0.6 is 31.9 Å². The van der Waals surface area contributed by atoms with Crippen molar-refractivity contribution in [1.82, 2.24) is 0 Å². The van der Waals surface area contributed by atoms with Gasteiger partial charge in [-0.25, -0.2) is 0 Å². The topological polar surface area (TPSA) is 41.9 Å². The lowest BCUT2D eigenvalue weighted by molar-refractivity contribution is 0.122. The third kappa shape index (κ3) is 2.44. The molecule has 0 amide bonds. The summed E-state index contributed by atoms with van der Waals surface area (Å²) in [4.78, 5) is 12.8. The van der Waals surface area contributed by atoms with Crippen LogP contribution in [0, 0.1) is 4.91 Å². The molecule has 1 aliphatic rings. The predicted octanol–water partition coefficient (Wildman–Crippen LogP) is 3.45. The summed E-state index contributed by atoms with van der Waals surface area (Å²) >= 11 is 6.69. The molecule has 6 heteroatoms. The molecular weight excluding hydrogens is 340 g/mol. The van der Waals surface area contributed by atoms with Crippen molar-refractivity contribution in [3.05, 3.63) is 26.0 Å². The monoisotopic (exact) mass is 348 g/mol. The largest absolute Gasteiger partial charge is 0.378 e. The van der Waals surface area contributed by atoms with Crippen LogP contribution in [0.4, 0.5) is 11.4 Å². The van der Waals surface area contributed by atoms with Crippen molar-refractivity contribution in [3.8, 4) is 0 Å². The second-order valence-electron chi connectivity index (χ2n) is 3.45. The number of rotatable bonds is 2. The van der Waals surface area contributed by atoms with Crippen molar-refractivity contribution in [2.24, 2.45) is 5.18 Å². The maximum absolute atomic E-state index is 10.6. The van der Waals surface area contributed by atoms with E-state index in [1.807, 2.05) is 12.1 Å². The summed E-state index contributed by atoms with van der Waals surface area (Å²) in [6.45, 7) is 3.21. The molecule has 1 saturated heterocycles. The van der Waals surface area contributed by atoms with E-state index in [9.17, 15) is 4.91 Å². The minimum atomic E-state index is 0.400. The molecule has 1 fully saturated rings. The van der Waals surface area contributed by atoms with Crippen LogP contribution in [0.15, 0.2) is 26.3 Å². The van der Waals surface area contributed by atoms with Crippen molar-refractivity contribution in [1.29, 1.82) is 0 Å². The van der Waals surface area contributed by atoms with E-state index in [1.54, 1.807) is 0 Å². The highest BCUT2D eigenvalue weighted by Crippen LogP contribution is 2.37. The number of benzene rings is 1. The number of ether oxygens (including phenoxy) is 1. The molecular formula is C10H10Br2N2O2. The number of nitroso groups, excluding NO2 is 1. The van der Waals surface area contributed by atoms with Crippen molar-refractivity contribution in [2.75, 3.05) is 31.2 Å². The summed E-state index contributed by atoms with van der Waals surface area (Å²) in [5.41, 5.74) is 1.46. The van der Waals surface area contributed by atoms with E-state index in [0.29, 0.717) is 14.6 Å². The molecule has 1 heterocycles. The van der Waals surface area contributed by atoms with Gasteiger partial charge in [0.2, 0.25) is 0 Å². The minimum Gasteiger partial charge on any atom is -0.378 e. The fourth-order valence-corrected chi connectivity index (χ4v) is 2.95. The molecule has 2 rings (SSSR count). The maximum atomic E-state index is 10.6. The average Bonchev–Trinajstić information content (AvgIpc) is 2.30. The number of anilines is 1. The van der Waals surface area contributed by atoms with Gasteiger partial charge in [-0.3, -0.25) is 0 Å². The van der Waals surface area contributed by atoms with Gasteiger partial charge in [0.1, 0.15) is 5.69 Å². The Hall–Kier alpha value is -0.460. The second-order valence-corrected chi connectivity index (χ2v) is 5.16. The van der Waals surface area contributed by atoms with E-state index in [2.05, 4.69) is 41.9 Å². The lowest BCUT2D eigenvalue weighted by Gasteiger charge is -2.29. The summed E-state index contributed by atoms with van der Waals surface area (Å²) in [5.74, 6) is 0. The van der Waals surface area contributed by atoms with Crippen molar-refractivity contribution in [3.63, 3.8) is 0 Å². The van der Waals surface area contributed by atoms with Gasteiger partial charge in [0.15, 0.2) is 0 Å². The molecule has 0 spiro atoms. The second kappa shape index (κ2) is 5.25. The first-order valence-electron chi connectivity index (χ1n) is 4.87. The molecule has 1 aliphatic heterocycles. The Kier molecular flexibility index (Phi) is 3.94. The SMILES string of the molecule is O=Nc1c(Br)cc(N2CCOCC2)cc1Br. The first-order chi connectivity index (χ1) is 7.72. The highest BCUT2D eigenvalue weighted by atomic mass is 79.9. The fourth-order valence-electron chi connectivity index (χ4n) is 1.64. The Morgan fingerprint density at radius 2 is 1.75 bits per heavy atom. The quantitative estimate of drug-likeness (QED) is 0.768. The van der Waals surface area contributed by atoms with Crippen LogP contribution in [-0.2, 0) is 4.74 Å². The number of morpholine rings is 1. The van der Waals surface area contributed by atoms with E-state index < -0.39 is 0 Å². The van der Waals surface area contributed by atoms with E-state index in [1.165, 1.54) is 0 Å². The number of hydrogen-bond acceptors (Lipinski definition) is 4. The summed E-state index contributed by atoms with van der Waals surface area (Å²) in [6, 6.07) is 3.82. The highest BCUT2D eigenvalue weighted by molar-refractivity contribution is 9.11. The first-order valence-corrected chi connectivity index (χ1v) is 6.46. The average molecular weight is 350 g/mol. The molecule has 0 N–H and O–H groups in total. The van der Waals surface area contributed by atoms with Gasteiger partial charge in [0.25, 0.3) is 0 Å². The molecule has 1 aromatic carbocycles. The van der Waals surface area contributed by atoms with Crippen molar-refractivity contribution < 1.29 is 4.74 Å². The van der Waals surface area contributed by atoms with Crippen molar-refractivity contribution >= 4 is 43.2 Å². The zero-order chi connectivity index (χ0) is 11.5. The number of nitrogens with zero attached hydrogens (tertiary/aromatic N) is 2. The van der Waals surface area contributed by atoms with Crippen LogP contribution < -0.4 is 4.90 Å². The van der Waals surface area contributed by atoms with Crippen LogP contribution in [0.5, 0.6) is 0 Å². The van der Waals surface area contributed by atoms with E-state index >= 15 is 0 Å². The van der Waals surface area contributed by atoms with Gasteiger partial charge >= 0.3 is 0 Å². The van der Waals surface area contributed by atoms with E-state index in [0.717, 1.165) is 32.0 Å². The van der Waals surface area contributed by atoms with Crippen LogP contribution in [0.1, 0.15) is 0 Å². The van der Waals surface area contributed by atoms with Gasteiger partial charge in [-0.1, -0.05) is 0 Å². The summed E-state index contributed by atoms with van der Waals surface area (Å²) in [7, 11) is 0. The molecule has 0 bridgehead atoms. The maximum Gasteiger partial charge on any atom is 0.136 e. The van der Waals surface area contributed by atoms with E-state index in [4.69, 9.17) is 4.74 Å². The molecule has 16 heavy (non-hydrogen) atoms. The lowest BCUT2D eigenvalue weighted by atomic mass is 10.2. The van der Waals surface area contributed by atoms with Crippen LogP contribution in [0.3, 0.4) is 0 Å². The van der Waals surface area contributed by atoms with Gasteiger partial charge < -0.3 is 9.64 Å². The number of hydrogen-bond donors (Lipinski definition) is 0. The molecule has 0 saturated carbocycles. The van der Waals surface area contributed by atoms with Crippen LogP contribution in [-0.4, -0.2) is 26.3 Å². The first kappa shape index (κ1) is 12.0. The highest BCUT2D eigenvalue weighted by Gasteiger charge is 2.15. The molecule has 0 aliphatic carbocycles. The smallest absolute Gasteiger partial charge is 0.136 e. The third-order valence-corrected chi connectivity index (χ3v) is 3.68. The normalized spacial score (nSPS) is 16.2.